The number of anilines is 1. The van der Waals surface area contributed by atoms with Crippen LogP contribution in [0.1, 0.15) is 51.9 Å². The lowest BCUT2D eigenvalue weighted by Crippen LogP contribution is -2.41. The SMILES string of the molecule is CC(C)(C)Sc1ccc(NC(=O)N2CCCC[C@@H]2c2ncn[nH]2)cc1. The van der Waals surface area contributed by atoms with E-state index in [1.165, 1.54) is 11.2 Å². The van der Waals surface area contributed by atoms with E-state index in [9.17, 15) is 4.79 Å². The number of aromatic nitrogens is 3. The number of benzene rings is 1. The fourth-order valence-corrected chi connectivity index (χ4v) is 3.97. The van der Waals surface area contributed by atoms with Crippen molar-refractivity contribution in [1.29, 1.82) is 0 Å². The molecule has 7 heteroatoms. The van der Waals surface area contributed by atoms with Crippen LogP contribution in [0, 0.1) is 0 Å². The average Bonchev–Trinajstić information content (AvgIpc) is 3.10. The van der Waals surface area contributed by atoms with Crippen molar-refractivity contribution in [3.63, 3.8) is 0 Å². The van der Waals surface area contributed by atoms with E-state index in [4.69, 9.17) is 0 Å². The average molecular weight is 359 g/mol. The molecule has 1 saturated heterocycles. The summed E-state index contributed by atoms with van der Waals surface area (Å²) in [5.41, 5.74) is 0.810. The van der Waals surface area contributed by atoms with Gasteiger partial charge in [0.15, 0.2) is 0 Å². The number of carbonyl (C=O) groups is 1. The van der Waals surface area contributed by atoms with Gasteiger partial charge >= 0.3 is 6.03 Å². The van der Waals surface area contributed by atoms with E-state index in [0.29, 0.717) is 0 Å². The number of thioether (sulfide) groups is 1. The third-order valence-corrected chi connectivity index (χ3v) is 5.16. The first-order chi connectivity index (χ1) is 11.9. The molecule has 2 amide bonds. The number of nitrogens with zero attached hydrogens (tertiary/aromatic N) is 3. The van der Waals surface area contributed by atoms with Crippen LogP contribution in [0.25, 0.3) is 0 Å². The molecule has 3 rings (SSSR count). The van der Waals surface area contributed by atoms with Crippen LogP contribution in [0.4, 0.5) is 10.5 Å². The summed E-state index contributed by atoms with van der Waals surface area (Å²) in [5, 5.41) is 9.83. The monoisotopic (exact) mass is 359 g/mol. The first-order valence-corrected chi connectivity index (χ1v) is 9.46. The highest BCUT2D eigenvalue weighted by Crippen LogP contribution is 2.33. The fourth-order valence-electron chi connectivity index (χ4n) is 2.99. The van der Waals surface area contributed by atoms with Crippen molar-refractivity contribution in [2.45, 2.75) is 55.7 Å². The largest absolute Gasteiger partial charge is 0.322 e. The zero-order chi connectivity index (χ0) is 17.9. The quantitative estimate of drug-likeness (QED) is 0.794. The summed E-state index contributed by atoms with van der Waals surface area (Å²) in [6.07, 6.45) is 4.50. The minimum Gasteiger partial charge on any atom is -0.314 e. The van der Waals surface area contributed by atoms with Gasteiger partial charge in [0.1, 0.15) is 12.2 Å². The number of likely N-dealkylation sites (tertiary alicyclic amines) is 1. The number of piperidine rings is 1. The van der Waals surface area contributed by atoms with Gasteiger partial charge in [-0.1, -0.05) is 20.8 Å². The Morgan fingerprint density at radius 1 is 1.28 bits per heavy atom. The number of hydrogen-bond acceptors (Lipinski definition) is 4. The molecule has 134 valence electrons. The lowest BCUT2D eigenvalue weighted by molar-refractivity contribution is 0.159. The molecule has 0 radical (unpaired) electrons. The lowest BCUT2D eigenvalue weighted by Gasteiger charge is -2.34. The van der Waals surface area contributed by atoms with E-state index in [2.05, 4.69) is 53.4 Å². The summed E-state index contributed by atoms with van der Waals surface area (Å²) < 4.78 is 0.170. The van der Waals surface area contributed by atoms with Crippen molar-refractivity contribution in [2.75, 3.05) is 11.9 Å². The normalized spacial score (nSPS) is 18.2. The zero-order valence-corrected chi connectivity index (χ0v) is 15.8. The Kier molecular flexibility index (Phi) is 5.32. The summed E-state index contributed by atoms with van der Waals surface area (Å²) in [6.45, 7) is 7.29. The second-order valence-corrected chi connectivity index (χ2v) is 9.14. The van der Waals surface area contributed by atoms with Crippen molar-refractivity contribution in [3.8, 4) is 0 Å². The van der Waals surface area contributed by atoms with Gasteiger partial charge in [-0.25, -0.2) is 9.78 Å². The summed E-state index contributed by atoms with van der Waals surface area (Å²) >= 11 is 1.81. The maximum atomic E-state index is 12.7. The summed E-state index contributed by atoms with van der Waals surface area (Å²) in [6, 6.07) is 7.90. The van der Waals surface area contributed by atoms with Crippen LogP contribution in [0.2, 0.25) is 0 Å². The van der Waals surface area contributed by atoms with Crippen LogP contribution >= 0.6 is 11.8 Å². The van der Waals surface area contributed by atoms with E-state index in [-0.39, 0.29) is 16.8 Å². The number of hydrogen-bond donors (Lipinski definition) is 2. The van der Waals surface area contributed by atoms with Gasteiger partial charge in [-0.2, -0.15) is 5.10 Å². The summed E-state index contributed by atoms with van der Waals surface area (Å²) in [7, 11) is 0. The highest BCUT2D eigenvalue weighted by atomic mass is 32.2. The molecule has 0 spiro atoms. The van der Waals surface area contributed by atoms with Gasteiger partial charge in [0.2, 0.25) is 0 Å². The molecule has 25 heavy (non-hydrogen) atoms. The molecule has 1 atom stereocenters. The molecule has 0 aliphatic carbocycles. The molecule has 1 aromatic carbocycles. The van der Waals surface area contributed by atoms with Gasteiger partial charge in [0, 0.05) is 21.9 Å². The zero-order valence-electron chi connectivity index (χ0n) is 15.0. The molecule has 0 saturated carbocycles. The molecular weight excluding hydrogens is 334 g/mol. The van der Waals surface area contributed by atoms with Gasteiger partial charge < -0.3 is 10.2 Å². The van der Waals surface area contributed by atoms with E-state index < -0.39 is 0 Å². The molecule has 2 heterocycles. The number of rotatable bonds is 3. The van der Waals surface area contributed by atoms with Crippen LogP contribution in [0.15, 0.2) is 35.5 Å². The van der Waals surface area contributed by atoms with E-state index in [1.54, 1.807) is 0 Å². The van der Waals surface area contributed by atoms with Crippen LogP contribution in [0.5, 0.6) is 0 Å². The predicted octanol–water partition coefficient (Wildman–Crippen LogP) is 4.45. The summed E-state index contributed by atoms with van der Waals surface area (Å²) in [5.74, 6) is 0.756. The molecule has 1 aliphatic heterocycles. The highest BCUT2D eigenvalue weighted by Gasteiger charge is 2.30. The van der Waals surface area contributed by atoms with Crippen LogP contribution in [-0.2, 0) is 0 Å². The molecular formula is C18H25N5OS. The Labute approximate surface area is 152 Å². The maximum Gasteiger partial charge on any atom is 0.322 e. The Morgan fingerprint density at radius 3 is 2.68 bits per heavy atom. The second-order valence-electron chi connectivity index (χ2n) is 7.24. The standard InChI is InChI=1S/C18H25N5OS/c1-18(2,3)25-14-9-7-13(8-10-14)21-17(24)23-11-5-4-6-15(23)16-19-12-20-22-16/h7-10,12,15H,4-6,11H2,1-3H3,(H,21,24)(H,19,20,22)/t15-/m1/s1. The molecule has 6 nitrogen and oxygen atoms in total. The molecule has 1 fully saturated rings. The predicted molar refractivity (Wildman–Crippen MR) is 101 cm³/mol. The number of aromatic amines is 1. The topological polar surface area (TPSA) is 73.9 Å². The smallest absolute Gasteiger partial charge is 0.314 e. The van der Waals surface area contributed by atoms with Gasteiger partial charge in [0.25, 0.3) is 0 Å². The third kappa shape index (κ3) is 4.75. The van der Waals surface area contributed by atoms with Crippen molar-refractivity contribution < 1.29 is 4.79 Å². The maximum absolute atomic E-state index is 12.7. The van der Waals surface area contributed by atoms with E-state index in [0.717, 1.165) is 37.3 Å². The first-order valence-electron chi connectivity index (χ1n) is 8.64. The van der Waals surface area contributed by atoms with Gasteiger partial charge in [0.05, 0.1) is 6.04 Å². The van der Waals surface area contributed by atoms with Gasteiger partial charge in [-0.05, 0) is 43.5 Å². The molecule has 1 aliphatic rings. The van der Waals surface area contributed by atoms with Crippen LogP contribution in [-0.4, -0.2) is 37.4 Å². The Balaban J connectivity index is 1.66. The van der Waals surface area contributed by atoms with Crippen molar-refractivity contribution >= 4 is 23.5 Å². The number of urea groups is 1. The van der Waals surface area contributed by atoms with E-state index in [1.807, 2.05) is 28.8 Å². The van der Waals surface area contributed by atoms with Crippen molar-refractivity contribution in [1.82, 2.24) is 20.1 Å². The van der Waals surface area contributed by atoms with E-state index >= 15 is 0 Å². The molecule has 2 N–H and O–H groups in total. The van der Waals surface area contributed by atoms with Gasteiger partial charge in [-0.15, -0.1) is 11.8 Å². The fraction of sp³-hybridized carbons (Fsp3) is 0.500. The lowest BCUT2D eigenvalue weighted by atomic mass is 10.0. The second kappa shape index (κ2) is 7.47. The Hall–Kier alpha value is -2.02. The third-order valence-electron chi connectivity index (χ3n) is 4.04. The van der Waals surface area contributed by atoms with Crippen LogP contribution < -0.4 is 5.32 Å². The minimum absolute atomic E-state index is 0.0352. The first kappa shape index (κ1) is 17.8. The highest BCUT2D eigenvalue weighted by molar-refractivity contribution is 8.00. The molecule has 2 aromatic rings. The number of H-pyrrole nitrogens is 1. The Bertz CT molecular complexity index is 693. The number of nitrogens with one attached hydrogen (secondary N) is 2. The minimum atomic E-state index is -0.0858. The van der Waals surface area contributed by atoms with Crippen LogP contribution in [0.3, 0.4) is 0 Å². The molecule has 1 aromatic heterocycles. The van der Waals surface area contributed by atoms with Crippen molar-refractivity contribution in [2.24, 2.45) is 0 Å². The molecule has 0 unspecified atom stereocenters. The number of carbonyl (C=O) groups excluding carboxylic acids is 1. The molecule has 0 bridgehead atoms. The summed E-state index contributed by atoms with van der Waals surface area (Å²) in [4.78, 5) is 20.0. The number of amides is 2. The van der Waals surface area contributed by atoms with Gasteiger partial charge in [-0.3, -0.25) is 5.10 Å². The van der Waals surface area contributed by atoms with Crippen molar-refractivity contribution in [3.05, 3.63) is 36.4 Å². The Morgan fingerprint density at radius 2 is 2.04 bits per heavy atom.